The number of allylic oxidation sites excluding steroid dienone is 3. The molecule has 3 saturated heterocycles. The Morgan fingerprint density at radius 2 is 1.55 bits per heavy atom. The third-order valence-corrected chi connectivity index (χ3v) is 13.5. The van der Waals surface area contributed by atoms with Crippen LogP contribution in [0.1, 0.15) is 107 Å². The molecule has 55 heavy (non-hydrogen) atoms. The maximum atomic E-state index is 13.9. The first kappa shape index (κ1) is 46.0. The van der Waals surface area contributed by atoms with Crippen molar-refractivity contribution in [1.82, 2.24) is 14.7 Å². The molecule has 14 unspecified atom stereocenters. The molecule has 4 aliphatic heterocycles. The fraction of sp³-hybridized carbons (Fsp3) is 0.867. The number of ether oxygens (including phenoxy) is 3. The molecule has 0 spiro atoms. The van der Waals surface area contributed by atoms with Gasteiger partial charge in [0.2, 0.25) is 0 Å². The predicted molar refractivity (Wildman–Crippen MR) is 219 cm³/mol. The lowest BCUT2D eigenvalue weighted by atomic mass is 9.79. The average Bonchev–Trinajstić information content (AvgIpc) is 3.11. The summed E-state index contributed by atoms with van der Waals surface area (Å²) >= 11 is 0. The number of nitrogens with zero attached hydrogens (tertiary/aromatic N) is 3. The molecule has 14 atom stereocenters. The number of ketones is 1. The van der Waals surface area contributed by atoms with Gasteiger partial charge in [0, 0.05) is 49.3 Å². The van der Waals surface area contributed by atoms with Gasteiger partial charge < -0.3 is 39.1 Å². The molecule has 0 aromatic rings. The van der Waals surface area contributed by atoms with Crippen molar-refractivity contribution in [2.24, 2.45) is 47.3 Å². The number of rotatable bonds is 9. The van der Waals surface area contributed by atoms with E-state index in [0.29, 0.717) is 30.6 Å². The molecule has 4 heterocycles. The zero-order chi connectivity index (χ0) is 40.6. The number of carbonyl (C=O) groups is 2. The van der Waals surface area contributed by atoms with Crippen molar-refractivity contribution in [3.8, 4) is 0 Å². The molecule has 10 nitrogen and oxygen atoms in total. The number of cyclic esters (lactones) is 1. The molecular weight excluding hydrogens is 695 g/mol. The average molecular weight is 774 g/mol. The SMILES string of the molecule is CCC1OC(=O)CC(O)C(C)C(OC2OC(C)C(C)C(N(C)C)C2O)C(CCN2CC(C)CC(C)C2)CC(C)C(=O)/C=C/C(C)=C/C1CN1CCC(C)CC1. The van der Waals surface area contributed by atoms with E-state index in [-0.39, 0.29) is 54.1 Å². The fourth-order valence-electron chi connectivity index (χ4n) is 10.0. The molecule has 0 amide bonds. The van der Waals surface area contributed by atoms with Crippen LogP contribution in [0.15, 0.2) is 23.8 Å². The predicted octanol–water partition coefficient (Wildman–Crippen LogP) is 6.20. The first-order chi connectivity index (χ1) is 26.0. The van der Waals surface area contributed by atoms with Crippen LogP contribution in [-0.2, 0) is 23.8 Å². The highest BCUT2D eigenvalue weighted by Crippen LogP contribution is 2.36. The Balaban J connectivity index is 1.69. The molecule has 316 valence electrons. The van der Waals surface area contributed by atoms with Gasteiger partial charge in [-0.15, -0.1) is 0 Å². The fourth-order valence-corrected chi connectivity index (χ4v) is 10.0. The molecule has 10 heteroatoms. The van der Waals surface area contributed by atoms with E-state index in [1.54, 1.807) is 6.08 Å². The van der Waals surface area contributed by atoms with Crippen molar-refractivity contribution in [2.45, 2.75) is 150 Å². The number of aliphatic hydroxyl groups is 2. The van der Waals surface area contributed by atoms with E-state index in [1.165, 1.54) is 6.42 Å². The molecule has 0 saturated carbocycles. The third-order valence-electron chi connectivity index (χ3n) is 13.5. The highest BCUT2D eigenvalue weighted by atomic mass is 16.7. The van der Waals surface area contributed by atoms with Crippen LogP contribution in [0, 0.1) is 47.3 Å². The lowest BCUT2D eigenvalue weighted by molar-refractivity contribution is -0.295. The maximum absolute atomic E-state index is 13.9. The van der Waals surface area contributed by atoms with Crippen LogP contribution in [0.5, 0.6) is 0 Å². The van der Waals surface area contributed by atoms with Crippen molar-refractivity contribution in [1.29, 1.82) is 0 Å². The van der Waals surface area contributed by atoms with Crippen molar-refractivity contribution >= 4 is 11.8 Å². The molecule has 2 N–H and O–H groups in total. The van der Waals surface area contributed by atoms with Gasteiger partial charge in [-0.3, -0.25) is 9.59 Å². The normalized spacial score (nSPS) is 41.8. The zero-order valence-corrected chi connectivity index (χ0v) is 36.4. The monoisotopic (exact) mass is 774 g/mol. The van der Waals surface area contributed by atoms with Crippen LogP contribution < -0.4 is 0 Å². The van der Waals surface area contributed by atoms with Crippen LogP contribution in [0.4, 0.5) is 0 Å². The number of esters is 1. The van der Waals surface area contributed by atoms with Gasteiger partial charge in [-0.05, 0) is 116 Å². The molecule has 0 aliphatic carbocycles. The second kappa shape index (κ2) is 21.4. The summed E-state index contributed by atoms with van der Waals surface area (Å²) in [7, 11) is 3.93. The molecule has 4 rings (SSSR count). The van der Waals surface area contributed by atoms with Gasteiger partial charge in [0.05, 0.1) is 24.7 Å². The van der Waals surface area contributed by atoms with Gasteiger partial charge in [-0.1, -0.05) is 66.2 Å². The van der Waals surface area contributed by atoms with Crippen LogP contribution in [0.2, 0.25) is 0 Å². The van der Waals surface area contributed by atoms with Crippen LogP contribution >= 0.6 is 0 Å². The van der Waals surface area contributed by atoms with Crippen molar-refractivity contribution in [3.05, 3.63) is 23.8 Å². The van der Waals surface area contributed by atoms with Crippen LogP contribution in [0.3, 0.4) is 0 Å². The van der Waals surface area contributed by atoms with Gasteiger partial charge in [0.15, 0.2) is 12.1 Å². The smallest absolute Gasteiger partial charge is 0.308 e. The Morgan fingerprint density at radius 1 is 0.891 bits per heavy atom. The van der Waals surface area contributed by atoms with E-state index in [4.69, 9.17) is 14.2 Å². The molecule has 3 fully saturated rings. The summed E-state index contributed by atoms with van der Waals surface area (Å²) in [6.45, 7) is 24.7. The van der Waals surface area contributed by atoms with Gasteiger partial charge in [0.1, 0.15) is 12.2 Å². The lowest BCUT2D eigenvalue weighted by Crippen LogP contribution is -2.60. The number of carbonyl (C=O) groups excluding carboxylic acids is 2. The molecule has 4 aliphatic rings. The summed E-state index contributed by atoms with van der Waals surface area (Å²) < 4.78 is 19.6. The standard InChI is InChI=1S/C45H79N3O7/c1-12-40-37(27-47-18-15-28(2)16-19-47)22-29(3)13-14-38(49)32(6)23-36(17-20-48-25-30(4)21-31(5)26-48)44(34(8)39(50)24-41(51)54-40)55-45-43(52)42(46(10)11)33(7)35(9)53-45/h13-14,22,28,30-37,39-40,42-45,50,52H,12,15-21,23-27H2,1-11H3/b14-13+,29-22+. The molecule has 0 aromatic carbocycles. The lowest BCUT2D eigenvalue weighted by Gasteiger charge is -2.47. The third kappa shape index (κ3) is 13.2. The van der Waals surface area contributed by atoms with Gasteiger partial charge in [0.25, 0.3) is 0 Å². The van der Waals surface area contributed by atoms with Gasteiger partial charge in [-0.2, -0.15) is 0 Å². The summed E-state index contributed by atoms with van der Waals surface area (Å²) in [5.74, 6) is 0.592. The summed E-state index contributed by atoms with van der Waals surface area (Å²) in [5, 5.41) is 23.7. The van der Waals surface area contributed by atoms with E-state index in [9.17, 15) is 19.8 Å². The molecule has 0 radical (unpaired) electrons. The summed E-state index contributed by atoms with van der Waals surface area (Å²) in [6.07, 6.45) is 7.01. The number of aliphatic hydroxyl groups excluding tert-OH is 2. The Morgan fingerprint density at radius 3 is 2.16 bits per heavy atom. The largest absolute Gasteiger partial charge is 0.462 e. The molecule has 0 bridgehead atoms. The Bertz CT molecular complexity index is 1260. The molecular formula is C45H79N3O7. The number of hydrogen-bond acceptors (Lipinski definition) is 10. The van der Waals surface area contributed by atoms with Gasteiger partial charge >= 0.3 is 5.97 Å². The Hall–Kier alpha value is -1.66. The first-order valence-corrected chi connectivity index (χ1v) is 21.8. The van der Waals surface area contributed by atoms with Gasteiger partial charge in [-0.25, -0.2) is 0 Å². The van der Waals surface area contributed by atoms with E-state index >= 15 is 0 Å². The van der Waals surface area contributed by atoms with E-state index in [0.717, 1.165) is 64.1 Å². The Labute approximate surface area is 334 Å². The summed E-state index contributed by atoms with van der Waals surface area (Å²) in [4.78, 5) is 34.7. The summed E-state index contributed by atoms with van der Waals surface area (Å²) in [6, 6.07) is -0.195. The van der Waals surface area contributed by atoms with Crippen LogP contribution in [-0.4, -0.2) is 133 Å². The van der Waals surface area contributed by atoms with E-state index in [2.05, 4.69) is 43.6 Å². The second-order valence-corrected chi connectivity index (χ2v) is 18.9. The maximum Gasteiger partial charge on any atom is 0.308 e. The number of hydrogen-bond donors (Lipinski definition) is 2. The minimum absolute atomic E-state index is 0.0540. The minimum atomic E-state index is -1.06. The molecule has 0 aromatic heterocycles. The number of likely N-dealkylation sites (N-methyl/N-ethyl adjacent to an activating group) is 1. The number of piperidine rings is 2. The van der Waals surface area contributed by atoms with Crippen LogP contribution in [0.25, 0.3) is 0 Å². The second-order valence-electron chi connectivity index (χ2n) is 18.9. The Kier molecular flexibility index (Phi) is 17.9. The number of likely N-dealkylation sites (tertiary alicyclic amines) is 2. The highest BCUT2D eigenvalue weighted by molar-refractivity contribution is 5.91. The topological polar surface area (TPSA) is 112 Å². The minimum Gasteiger partial charge on any atom is -0.462 e. The van der Waals surface area contributed by atoms with Crippen molar-refractivity contribution < 1.29 is 34.0 Å². The van der Waals surface area contributed by atoms with Crippen molar-refractivity contribution in [2.75, 3.05) is 53.4 Å². The zero-order valence-electron chi connectivity index (χ0n) is 36.4. The van der Waals surface area contributed by atoms with Crippen molar-refractivity contribution in [3.63, 3.8) is 0 Å². The quantitative estimate of drug-likeness (QED) is 0.263. The summed E-state index contributed by atoms with van der Waals surface area (Å²) in [5.41, 5.74) is 0.972. The first-order valence-electron chi connectivity index (χ1n) is 21.8. The van der Waals surface area contributed by atoms with E-state index in [1.807, 2.05) is 59.7 Å². The van der Waals surface area contributed by atoms with E-state index < -0.39 is 36.5 Å². The highest BCUT2D eigenvalue weighted by Gasteiger charge is 2.46.